The van der Waals surface area contributed by atoms with Crippen LogP contribution in [0.3, 0.4) is 0 Å². The van der Waals surface area contributed by atoms with Crippen LogP contribution in [0.2, 0.25) is 0 Å². The van der Waals surface area contributed by atoms with E-state index in [9.17, 15) is 15.0 Å². The maximum absolute atomic E-state index is 13.7. The molecule has 0 aromatic heterocycles. The van der Waals surface area contributed by atoms with Crippen LogP contribution in [0.1, 0.15) is 55.2 Å². The fraction of sp³-hybridized carbons (Fsp3) is 0.516. The van der Waals surface area contributed by atoms with Gasteiger partial charge in [0.05, 0.1) is 17.1 Å². The standard InChI is InChI=1S/C31H34N2O4/c34-24-9-8-21-17-25-31(36)12-10-23(33-14-11-22(29(33)35)16-19-4-2-1-3-5-19)28-30(31,26(21)27(24)37-28)13-15-32(25)18-20-6-7-20/h1-5,8-9,16,20,23,25,28,34,36H,6-7,10-15,17-18H2/b22-16+/t23-,25-,28+,30+,31-/m1/s1. The van der Waals surface area contributed by atoms with Crippen LogP contribution in [-0.2, 0) is 16.6 Å². The van der Waals surface area contributed by atoms with Gasteiger partial charge in [-0.1, -0.05) is 36.4 Å². The minimum absolute atomic E-state index is 0.0553. The number of amides is 1. The largest absolute Gasteiger partial charge is 0.504 e. The molecule has 2 bridgehead atoms. The maximum Gasteiger partial charge on any atom is 0.250 e. The second kappa shape index (κ2) is 7.61. The van der Waals surface area contributed by atoms with E-state index in [1.807, 2.05) is 47.4 Å². The van der Waals surface area contributed by atoms with E-state index in [0.717, 1.165) is 55.0 Å². The first-order chi connectivity index (χ1) is 18.0. The molecular weight excluding hydrogens is 464 g/mol. The van der Waals surface area contributed by atoms with Crippen molar-refractivity contribution in [3.8, 4) is 11.5 Å². The third-order valence-corrected chi connectivity index (χ3v) is 10.4. The van der Waals surface area contributed by atoms with E-state index in [-0.39, 0.29) is 29.8 Å². The van der Waals surface area contributed by atoms with Crippen LogP contribution in [-0.4, -0.2) is 69.3 Å². The zero-order valence-electron chi connectivity index (χ0n) is 21.1. The van der Waals surface area contributed by atoms with E-state index in [1.54, 1.807) is 6.07 Å². The number of carbonyl (C=O) groups excluding carboxylic acids is 1. The maximum atomic E-state index is 13.7. The number of phenolic OH excluding ortho intramolecular Hbond substituents is 1. The van der Waals surface area contributed by atoms with Crippen LogP contribution in [0.15, 0.2) is 48.0 Å². The molecule has 6 heteroatoms. The Morgan fingerprint density at radius 3 is 2.70 bits per heavy atom. The molecule has 0 unspecified atom stereocenters. The zero-order valence-corrected chi connectivity index (χ0v) is 21.1. The first-order valence-corrected chi connectivity index (χ1v) is 14.0. The fourth-order valence-electron chi connectivity index (χ4n) is 8.61. The van der Waals surface area contributed by atoms with E-state index in [1.165, 1.54) is 18.4 Å². The van der Waals surface area contributed by atoms with Crippen molar-refractivity contribution in [3.63, 3.8) is 0 Å². The summed E-state index contributed by atoms with van der Waals surface area (Å²) in [6.45, 7) is 2.66. The average molecular weight is 499 g/mol. The van der Waals surface area contributed by atoms with Gasteiger partial charge < -0.3 is 19.8 Å². The third kappa shape index (κ3) is 2.91. The summed E-state index contributed by atoms with van der Waals surface area (Å²) in [4.78, 5) is 18.3. The number of ether oxygens (including phenoxy) is 1. The molecule has 37 heavy (non-hydrogen) atoms. The average Bonchev–Trinajstić information content (AvgIpc) is 3.55. The molecule has 2 aromatic rings. The summed E-state index contributed by atoms with van der Waals surface area (Å²) in [7, 11) is 0. The summed E-state index contributed by atoms with van der Waals surface area (Å²) in [5.41, 5.74) is 2.60. The molecule has 3 aliphatic carbocycles. The number of hydrogen-bond acceptors (Lipinski definition) is 5. The summed E-state index contributed by atoms with van der Waals surface area (Å²) in [5, 5.41) is 23.5. The van der Waals surface area contributed by atoms with E-state index in [0.29, 0.717) is 25.1 Å². The van der Waals surface area contributed by atoms with Gasteiger partial charge in [-0.05, 0) is 80.7 Å². The highest BCUT2D eigenvalue weighted by Crippen LogP contribution is 2.66. The molecule has 5 atom stereocenters. The van der Waals surface area contributed by atoms with Gasteiger partial charge >= 0.3 is 0 Å². The van der Waals surface area contributed by atoms with Crippen LogP contribution in [0.4, 0.5) is 0 Å². The first kappa shape index (κ1) is 22.2. The van der Waals surface area contributed by atoms with Gasteiger partial charge in [-0.15, -0.1) is 0 Å². The molecule has 6 aliphatic rings. The topological polar surface area (TPSA) is 73.2 Å². The zero-order chi connectivity index (χ0) is 24.9. The van der Waals surface area contributed by atoms with Gasteiger partial charge in [0.15, 0.2) is 11.5 Å². The van der Waals surface area contributed by atoms with Crippen molar-refractivity contribution < 1.29 is 19.7 Å². The second-order valence-electron chi connectivity index (χ2n) is 12.2. The predicted molar refractivity (Wildman–Crippen MR) is 139 cm³/mol. The lowest BCUT2D eigenvalue weighted by Gasteiger charge is -2.64. The molecule has 3 aliphatic heterocycles. The second-order valence-corrected chi connectivity index (χ2v) is 12.2. The number of likely N-dealkylation sites (tertiary alicyclic amines) is 2. The highest BCUT2D eigenvalue weighted by molar-refractivity contribution is 6.00. The highest BCUT2D eigenvalue weighted by Gasteiger charge is 2.73. The number of rotatable bonds is 4. The minimum Gasteiger partial charge on any atom is -0.504 e. The first-order valence-electron chi connectivity index (χ1n) is 14.0. The minimum atomic E-state index is -0.918. The smallest absolute Gasteiger partial charge is 0.250 e. The van der Waals surface area contributed by atoms with Crippen molar-refractivity contribution in [1.29, 1.82) is 0 Å². The third-order valence-electron chi connectivity index (χ3n) is 10.4. The van der Waals surface area contributed by atoms with Crippen LogP contribution < -0.4 is 4.74 Å². The van der Waals surface area contributed by atoms with Gasteiger partial charge in [0, 0.05) is 30.3 Å². The molecule has 3 heterocycles. The van der Waals surface area contributed by atoms with Gasteiger partial charge in [-0.2, -0.15) is 0 Å². The molecule has 8 rings (SSSR count). The van der Waals surface area contributed by atoms with E-state index < -0.39 is 11.0 Å². The van der Waals surface area contributed by atoms with Gasteiger partial charge in [-0.25, -0.2) is 0 Å². The van der Waals surface area contributed by atoms with Gasteiger partial charge in [0.2, 0.25) is 5.91 Å². The number of phenols is 1. The van der Waals surface area contributed by atoms with Crippen LogP contribution in [0, 0.1) is 5.92 Å². The van der Waals surface area contributed by atoms with Gasteiger partial charge in [0.1, 0.15) is 6.10 Å². The molecule has 1 spiro atoms. The summed E-state index contributed by atoms with van der Waals surface area (Å²) < 4.78 is 6.69. The summed E-state index contributed by atoms with van der Waals surface area (Å²) in [5.74, 6) is 1.55. The molecule has 0 radical (unpaired) electrons. The SMILES string of the molecule is O=C1/C(=C/c2ccccc2)CCN1[C@@H]1CC[C@@]2(O)[C@H]3Cc4ccc(O)c5c4[C@@]2(CCN3CC2CC2)[C@H]1O5. The van der Waals surface area contributed by atoms with Crippen molar-refractivity contribution in [2.45, 2.75) is 74.1 Å². The number of aromatic hydroxyl groups is 1. The molecule has 6 nitrogen and oxygen atoms in total. The Bertz CT molecular complexity index is 1320. The quantitative estimate of drug-likeness (QED) is 0.630. The van der Waals surface area contributed by atoms with Crippen LogP contribution in [0.5, 0.6) is 11.5 Å². The summed E-state index contributed by atoms with van der Waals surface area (Å²) >= 11 is 0. The lowest BCUT2D eigenvalue weighted by Crippen LogP contribution is -2.78. The highest BCUT2D eigenvalue weighted by atomic mass is 16.5. The van der Waals surface area contributed by atoms with Crippen molar-refractivity contribution in [1.82, 2.24) is 9.80 Å². The van der Waals surface area contributed by atoms with Crippen LogP contribution in [0.25, 0.3) is 6.08 Å². The fourth-order valence-corrected chi connectivity index (χ4v) is 8.61. The van der Waals surface area contributed by atoms with Crippen LogP contribution >= 0.6 is 0 Å². The molecule has 2 saturated heterocycles. The number of hydrogen-bond donors (Lipinski definition) is 2. The summed E-state index contributed by atoms with van der Waals surface area (Å²) in [6.07, 6.45) is 7.93. The Morgan fingerprint density at radius 2 is 1.89 bits per heavy atom. The molecule has 4 fully saturated rings. The molecule has 1 amide bonds. The molecule has 192 valence electrons. The van der Waals surface area contributed by atoms with Crippen molar-refractivity contribution >= 4 is 12.0 Å². The van der Waals surface area contributed by atoms with E-state index in [2.05, 4.69) is 4.90 Å². The Hall–Kier alpha value is -2.83. The van der Waals surface area contributed by atoms with Gasteiger partial charge in [-0.3, -0.25) is 9.69 Å². The summed E-state index contributed by atoms with van der Waals surface area (Å²) in [6, 6.07) is 13.8. The number of benzene rings is 2. The molecular formula is C31H34N2O4. The lowest BCUT2D eigenvalue weighted by atomic mass is 9.48. The number of piperidine rings is 1. The predicted octanol–water partition coefficient (Wildman–Crippen LogP) is 3.64. The molecule has 2 saturated carbocycles. The lowest BCUT2D eigenvalue weighted by molar-refractivity contribution is -0.200. The van der Waals surface area contributed by atoms with E-state index in [4.69, 9.17) is 4.74 Å². The van der Waals surface area contributed by atoms with Gasteiger partial charge in [0.25, 0.3) is 0 Å². The molecule has 2 N–H and O–H groups in total. The van der Waals surface area contributed by atoms with Crippen molar-refractivity contribution in [2.24, 2.45) is 5.92 Å². The number of aliphatic hydroxyl groups is 1. The normalized spacial score (nSPS) is 37.1. The Balaban J connectivity index is 1.19. The Labute approximate surface area is 217 Å². The van der Waals surface area contributed by atoms with Crippen molar-refractivity contribution in [3.05, 3.63) is 64.7 Å². The van der Waals surface area contributed by atoms with E-state index >= 15 is 0 Å². The monoisotopic (exact) mass is 498 g/mol. The number of carbonyl (C=O) groups is 1. The molecule has 2 aromatic carbocycles. The van der Waals surface area contributed by atoms with Crippen molar-refractivity contribution in [2.75, 3.05) is 19.6 Å². The Morgan fingerprint density at radius 1 is 1.05 bits per heavy atom. The number of nitrogens with zero attached hydrogens (tertiary/aromatic N) is 2. The Kier molecular flexibility index (Phi) is 4.56.